The van der Waals surface area contributed by atoms with Crippen LogP contribution in [-0.2, 0) is 4.74 Å². The van der Waals surface area contributed by atoms with E-state index in [1.165, 1.54) is 0 Å². The third kappa shape index (κ3) is 3.77. The number of carbonyl (C=O) groups is 1. The number of ether oxygens (including phenoxy) is 1. The van der Waals surface area contributed by atoms with Gasteiger partial charge in [-0.1, -0.05) is 0 Å². The molecule has 2 aliphatic heterocycles. The molecule has 2 amide bonds. The van der Waals surface area contributed by atoms with Crippen molar-refractivity contribution < 1.29 is 9.53 Å². The minimum absolute atomic E-state index is 0.195. The molecular weight excluding hydrogens is 262 g/mol. The smallest absolute Gasteiger partial charge is 0.320 e. The van der Waals surface area contributed by atoms with Crippen LogP contribution in [0.25, 0.3) is 0 Å². The molecule has 1 atom stereocenters. The number of carbonyl (C=O) groups excluding carboxylic acids is 1. The molecule has 19 heavy (non-hydrogen) atoms. The molecule has 0 saturated carbocycles. The Morgan fingerprint density at radius 2 is 1.63 bits per heavy atom. The molecule has 0 aromatic carbocycles. The zero-order valence-electron chi connectivity index (χ0n) is 11.9. The summed E-state index contributed by atoms with van der Waals surface area (Å²) in [4.78, 5) is 18.6. The number of hydrogen-bond donors (Lipinski definition) is 1. The normalized spacial score (nSPS) is 24.6. The van der Waals surface area contributed by atoms with E-state index in [9.17, 15) is 4.79 Å². The van der Waals surface area contributed by atoms with Gasteiger partial charge in [-0.3, -0.25) is 4.90 Å². The van der Waals surface area contributed by atoms with Crippen molar-refractivity contribution in [3.05, 3.63) is 0 Å². The fraction of sp³-hybridized carbons (Fsp3) is 0.923. The van der Waals surface area contributed by atoms with Crippen LogP contribution in [0.3, 0.4) is 0 Å². The summed E-state index contributed by atoms with van der Waals surface area (Å²) in [5.41, 5.74) is 0. The topological polar surface area (TPSA) is 36.0 Å². The first-order valence-corrected chi connectivity index (χ1v) is 7.62. The molecule has 2 rings (SSSR count). The molecule has 2 heterocycles. The molecule has 2 fully saturated rings. The first-order valence-electron chi connectivity index (χ1n) is 7.10. The van der Waals surface area contributed by atoms with Crippen molar-refractivity contribution in [3.8, 4) is 0 Å². The van der Waals surface area contributed by atoms with Gasteiger partial charge < -0.3 is 14.5 Å². The first-order chi connectivity index (χ1) is 9.11. The molecule has 6 heteroatoms. The van der Waals surface area contributed by atoms with Crippen LogP contribution in [0, 0.1) is 0 Å². The van der Waals surface area contributed by atoms with Crippen LogP contribution in [0.2, 0.25) is 0 Å². The van der Waals surface area contributed by atoms with E-state index in [2.05, 4.69) is 24.5 Å². The summed E-state index contributed by atoms with van der Waals surface area (Å²) in [6.45, 7) is 7.19. The molecule has 0 bridgehead atoms. The predicted molar refractivity (Wildman–Crippen MR) is 78.6 cm³/mol. The highest BCUT2D eigenvalue weighted by Gasteiger charge is 2.28. The van der Waals surface area contributed by atoms with Crippen molar-refractivity contribution in [3.63, 3.8) is 0 Å². The highest BCUT2D eigenvalue weighted by atomic mass is 32.1. The summed E-state index contributed by atoms with van der Waals surface area (Å²) in [5, 5.41) is 0.273. The van der Waals surface area contributed by atoms with Gasteiger partial charge in [0.1, 0.15) is 0 Å². The number of amides is 2. The van der Waals surface area contributed by atoms with Crippen molar-refractivity contribution in [1.82, 2.24) is 14.7 Å². The molecule has 110 valence electrons. The average molecular weight is 287 g/mol. The van der Waals surface area contributed by atoms with Gasteiger partial charge in [-0.2, -0.15) is 12.6 Å². The molecule has 5 nitrogen and oxygen atoms in total. The number of nitrogens with zero attached hydrogens (tertiary/aromatic N) is 3. The van der Waals surface area contributed by atoms with E-state index in [1.54, 1.807) is 7.11 Å². The maximum absolute atomic E-state index is 12.4. The molecule has 0 N–H and O–H groups in total. The lowest BCUT2D eigenvalue weighted by Crippen LogP contribution is -2.55. The van der Waals surface area contributed by atoms with Gasteiger partial charge in [0, 0.05) is 46.4 Å². The number of hydrogen-bond acceptors (Lipinski definition) is 4. The third-order valence-electron chi connectivity index (χ3n) is 4.16. The molecule has 2 aliphatic rings. The zero-order chi connectivity index (χ0) is 13.8. The van der Waals surface area contributed by atoms with Crippen LogP contribution in [0.1, 0.15) is 19.8 Å². The van der Waals surface area contributed by atoms with E-state index >= 15 is 0 Å². The molecule has 0 spiro atoms. The maximum atomic E-state index is 12.4. The molecule has 0 aromatic heterocycles. The highest BCUT2D eigenvalue weighted by molar-refractivity contribution is 7.80. The van der Waals surface area contributed by atoms with Gasteiger partial charge in [-0.15, -0.1) is 0 Å². The average Bonchev–Trinajstić information content (AvgIpc) is 2.46. The minimum atomic E-state index is 0.195. The van der Waals surface area contributed by atoms with Crippen molar-refractivity contribution in [2.24, 2.45) is 0 Å². The largest absolute Gasteiger partial charge is 0.381 e. The summed E-state index contributed by atoms with van der Waals surface area (Å²) in [6, 6.07) is 0.195. The van der Waals surface area contributed by atoms with E-state index in [1.807, 2.05) is 9.80 Å². The van der Waals surface area contributed by atoms with Gasteiger partial charge in [-0.05, 0) is 19.8 Å². The lowest BCUT2D eigenvalue weighted by molar-refractivity contribution is 0.0406. The van der Waals surface area contributed by atoms with E-state index in [0.717, 1.165) is 52.1 Å². The van der Waals surface area contributed by atoms with Crippen molar-refractivity contribution in [2.45, 2.75) is 31.2 Å². The summed E-state index contributed by atoms with van der Waals surface area (Å²) < 4.78 is 5.34. The number of thiol groups is 1. The van der Waals surface area contributed by atoms with E-state index in [4.69, 9.17) is 4.74 Å². The Labute approximate surface area is 121 Å². The van der Waals surface area contributed by atoms with Gasteiger partial charge in [0.15, 0.2) is 0 Å². The van der Waals surface area contributed by atoms with Crippen LogP contribution < -0.4 is 0 Å². The molecule has 0 aromatic rings. The SMILES string of the molecule is COC1CCN(C(=O)N2CCN(C(C)S)CC2)CC1. The molecule has 0 radical (unpaired) electrons. The number of rotatable bonds is 2. The van der Waals surface area contributed by atoms with Crippen LogP contribution in [0.4, 0.5) is 4.79 Å². The Bertz CT molecular complexity index is 298. The quantitative estimate of drug-likeness (QED) is 0.773. The Hall–Kier alpha value is -0.460. The van der Waals surface area contributed by atoms with Gasteiger partial charge in [0.2, 0.25) is 0 Å². The Kier molecular flexibility index (Phi) is 5.36. The Balaban J connectivity index is 1.78. The Morgan fingerprint density at radius 1 is 1.11 bits per heavy atom. The lowest BCUT2D eigenvalue weighted by atomic mass is 10.1. The van der Waals surface area contributed by atoms with Gasteiger partial charge >= 0.3 is 6.03 Å². The number of piperazine rings is 1. The zero-order valence-corrected chi connectivity index (χ0v) is 12.8. The Morgan fingerprint density at radius 3 is 2.11 bits per heavy atom. The number of urea groups is 1. The van der Waals surface area contributed by atoms with E-state index in [0.29, 0.717) is 6.10 Å². The number of piperidine rings is 1. The first kappa shape index (κ1) is 14.9. The standard InChI is InChI=1S/C13H25N3O2S/c1-11(19)14-7-9-16(10-8-14)13(17)15-5-3-12(18-2)4-6-15/h11-12,19H,3-10H2,1-2H3. The van der Waals surface area contributed by atoms with Crippen molar-refractivity contribution in [1.29, 1.82) is 0 Å². The monoisotopic (exact) mass is 287 g/mol. The second-order valence-corrected chi connectivity index (χ2v) is 6.11. The second kappa shape index (κ2) is 6.81. The number of likely N-dealkylation sites (tertiary alicyclic amines) is 1. The maximum Gasteiger partial charge on any atom is 0.320 e. The highest BCUT2D eigenvalue weighted by Crippen LogP contribution is 2.16. The lowest BCUT2D eigenvalue weighted by Gasteiger charge is -2.40. The van der Waals surface area contributed by atoms with E-state index < -0.39 is 0 Å². The number of methoxy groups -OCH3 is 1. The molecule has 0 aliphatic carbocycles. The van der Waals surface area contributed by atoms with Crippen LogP contribution >= 0.6 is 12.6 Å². The summed E-state index contributed by atoms with van der Waals surface area (Å²) >= 11 is 4.44. The second-order valence-electron chi connectivity index (χ2n) is 5.36. The predicted octanol–water partition coefficient (Wildman–Crippen LogP) is 1.11. The van der Waals surface area contributed by atoms with Crippen molar-refractivity contribution >= 4 is 18.7 Å². The molecule has 2 saturated heterocycles. The van der Waals surface area contributed by atoms with Gasteiger partial charge in [0.25, 0.3) is 0 Å². The van der Waals surface area contributed by atoms with Crippen LogP contribution in [0.15, 0.2) is 0 Å². The fourth-order valence-corrected chi connectivity index (χ4v) is 3.00. The third-order valence-corrected chi connectivity index (χ3v) is 4.49. The van der Waals surface area contributed by atoms with Gasteiger partial charge in [0.05, 0.1) is 11.5 Å². The van der Waals surface area contributed by atoms with Crippen LogP contribution in [0.5, 0.6) is 0 Å². The summed E-state index contributed by atoms with van der Waals surface area (Å²) in [6.07, 6.45) is 2.23. The fourth-order valence-electron chi connectivity index (χ4n) is 2.77. The van der Waals surface area contributed by atoms with Gasteiger partial charge in [-0.25, -0.2) is 4.79 Å². The van der Waals surface area contributed by atoms with E-state index in [-0.39, 0.29) is 11.4 Å². The summed E-state index contributed by atoms with van der Waals surface area (Å²) in [7, 11) is 1.75. The summed E-state index contributed by atoms with van der Waals surface area (Å²) in [5.74, 6) is 0. The minimum Gasteiger partial charge on any atom is -0.381 e. The van der Waals surface area contributed by atoms with Crippen molar-refractivity contribution in [2.75, 3.05) is 46.4 Å². The van der Waals surface area contributed by atoms with Crippen LogP contribution in [-0.4, -0.2) is 78.6 Å². The molecular formula is C13H25N3O2S. The molecule has 1 unspecified atom stereocenters.